The van der Waals surface area contributed by atoms with Crippen LogP contribution in [0.15, 0.2) is 24.3 Å². The van der Waals surface area contributed by atoms with Crippen molar-refractivity contribution < 1.29 is 23.9 Å². The van der Waals surface area contributed by atoms with Crippen LogP contribution < -0.4 is 0 Å². The number of fused-ring (bicyclic) bond motifs is 1. The summed E-state index contributed by atoms with van der Waals surface area (Å²) >= 11 is 6.59. The predicted molar refractivity (Wildman–Crippen MR) is 144 cm³/mol. The summed E-state index contributed by atoms with van der Waals surface area (Å²) in [6, 6.07) is 5.61. The van der Waals surface area contributed by atoms with Gasteiger partial charge in [0.1, 0.15) is 5.60 Å². The highest BCUT2D eigenvalue weighted by Crippen LogP contribution is 2.44. The minimum atomic E-state index is -0.520. The number of halogens is 1. The van der Waals surface area contributed by atoms with Crippen molar-refractivity contribution in [2.24, 2.45) is 11.8 Å². The van der Waals surface area contributed by atoms with Crippen molar-refractivity contribution in [2.75, 3.05) is 7.11 Å². The summed E-state index contributed by atoms with van der Waals surface area (Å²) in [5, 5.41) is 5.29. The summed E-state index contributed by atoms with van der Waals surface area (Å²) in [6.07, 6.45) is 7.70. The Morgan fingerprint density at radius 3 is 2.39 bits per heavy atom. The molecule has 0 bridgehead atoms. The lowest BCUT2D eigenvalue weighted by molar-refractivity contribution is -0.160. The molecule has 3 aliphatic rings. The van der Waals surface area contributed by atoms with E-state index >= 15 is 0 Å². The topological polar surface area (TPSA) is 87.5 Å². The zero-order valence-electron chi connectivity index (χ0n) is 22.5. The second-order valence-electron chi connectivity index (χ2n) is 11.7. The quantitative estimate of drug-likeness (QED) is 0.440. The number of ether oxygens (including phenoxy) is 2. The highest BCUT2D eigenvalue weighted by Gasteiger charge is 2.37. The normalized spacial score (nSPS) is 21.3. The van der Waals surface area contributed by atoms with Gasteiger partial charge in [-0.3, -0.25) is 14.4 Å². The summed E-state index contributed by atoms with van der Waals surface area (Å²) < 4.78 is 12.1. The van der Waals surface area contributed by atoms with Crippen LogP contribution in [0.3, 0.4) is 0 Å². The number of aromatic nitrogens is 2. The van der Waals surface area contributed by atoms with Crippen molar-refractivity contribution in [3.05, 3.63) is 57.4 Å². The number of hydrogen-bond acceptors (Lipinski definition) is 6. The summed E-state index contributed by atoms with van der Waals surface area (Å²) in [5.41, 5.74) is 4.52. The minimum absolute atomic E-state index is 0.178. The van der Waals surface area contributed by atoms with Crippen LogP contribution in [0.4, 0.5) is 0 Å². The molecule has 3 aliphatic carbocycles. The molecule has 2 aromatic rings. The van der Waals surface area contributed by atoms with Crippen molar-refractivity contribution in [2.45, 2.75) is 83.7 Å². The van der Waals surface area contributed by atoms with Gasteiger partial charge in [0, 0.05) is 12.0 Å². The van der Waals surface area contributed by atoms with E-state index in [4.69, 9.17) is 26.2 Å². The maximum Gasteiger partial charge on any atom is 0.309 e. The van der Waals surface area contributed by atoms with Gasteiger partial charge in [-0.05, 0) is 88.8 Å². The zero-order chi connectivity index (χ0) is 27.2. The van der Waals surface area contributed by atoms with Gasteiger partial charge >= 0.3 is 11.9 Å². The number of carbonyl (C=O) groups excluding carboxylic acids is 3. The molecule has 0 spiro atoms. The summed E-state index contributed by atoms with van der Waals surface area (Å²) in [5.74, 6) is -0.880. The number of nitrogens with zero attached hydrogens (tertiary/aromatic N) is 2. The van der Waals surface area contributed by atoms with E-state index in [0.29, 0.717) is 55.0 Å². The van der Waals surface area contributed by atoms with E-state index in [-0.39, 0.29) is 29.7 Å². The summed E-state index contributed by atoms with van der Waals surface area (Å²) in [4.78, 5) is 39.1. The first kappa shape index (κ1) is 26.7. The molecule has 0 amide bonds. The third-order valence-corrected chi connectivity index (χ3v) is 8.05. The van der Waals surface area contributed by atoms with Gasteiger partial charge in [0.25, 0.3) is 5.91 Å². The summed E-state index contributed by atoms with van der Waals surface area (Å²) in [7, 11) is 1.39. The molecular formula is C30H35ClN2O5. The molecule has 0 aliphatic heterocycles. The fourth-order valence-electron chi connectivity index (χ4n) is 5.66. The van der Waals surface area contributed by atoms with Gasteiger partial charge in [-0.15, -0.1) is 0 Å². The Balaban J connectivity index is 1.51. The average Bonchev–Trinajstić information content (AvgIpc) is 3.67. The standard InChI is InChI=1S/C30H35ClN2O5/c1-30(2,3)38-29(36)19-12-10-18(11-13-19)26-22-15-14-20(28(35)37-4)16-24(22)33(32-26)27(34)25-21(17-8-9-17)6-5-7-23(25)31/h5-7,10,17,19-20H,8-9,11-16H2,1-4H3. The van der Waals surface area contributed by atoms with Crippen LogP contribution >= 0.6 is 11.6 Å². The lowest BCUT2D eigenvalue weighted by Crippen LogP contribution is -2.29. The van der Waals surface area contributed by atoms with Gasteiger partial charge in [0.2, 0.25) is 0 Å². The Kier molecular flexibility index (Phi) is 7.25. The van der Waals surface area contributed by atoms with Crippen molar-refractivity contribution in [3.63, 3.8) is 0 Å². The third kappa shape index (κ3) is 5.31. The lowest BCUT2D eigenvalue weighted by Gasteiger charge is -2.26. The van der Waals surface area contributed by atoms with Crippen molar-refractivity contribution in [1.29, 1.82) is 0 Å². The Bertz CT molecular complexity index is 1310. The molecule has 1 fully saturated rings. The average molecular weight is 539 g/mol. The molecule has 0 N–H and O–H groups in total. The zero-order valence-corrected chi connectivity index (χ0v) is 23.3. The van der Waals surface area contributed by atoms with E-state index in [0.717, 1.165) is 40.9 Å². The van der Waals surface area contributed by atoms with E-state index in [1.165, 1.54) is 11.8 Å². The van der Waals surface area contributed by atoms with Crippen molar-refractivity contribution in [3.8, 4) is 0 Å². The van der Waals surface area contributed by atoms with E-state index in [9.17, 15) is 14.4 Å². The molecule has 1 saturated carbocycles. The Morgan fingerprint density at radius 2 is 1.76 bits per heavy atom. The molecule has 1 aromatic heterocycles. The number of hydrogen-bond donors (Lipinski definition) is 0. The predicted octanol–water partition coefficient (Wildman–Crippen LogP) is 5.91. The smallest absolute Gasteiger partial charge is 0.309 e. The van der Waals surface area contributed by atoms with Gasteiger partial charge < -0.3 is 9.47 Å². The molecule has 0 saturated heterocycles. The minimum Gasteiger partial charge on any atom is -0.469 e. The maximum atomic E-state index is 14.0. The number of allylic oxidation sites excluding steroid dienone is 2. The molecule has 202 valence electrons. The van der Waals surface area contributed by atoms with E-state index < -0.39 is 5.60 Å². The third-order valence-electron chi connectivity index (χ3n) is 7.73. The molecule has 7 nitrogen and oxygen atoms in total. The second kappa shape index (κ2) is 10.3. The largest absolute Gasteiger partial charge is 0.469 e. The van der Waals surface area contributed by atoms with Crippen LogP contribution in [-0.2, 0) is 31.9 Å². The van der Waals surface area contributed by atoms with Gasteiger partial charge in [-0.1, -0.05) is 29.8 Å². The molecule has 38 heavy (non-hydrogen) atoms. The van der Waals surface area contributed by atoms with Crippen molar-refractivity contribution in [1.82, 2.24) is 9.78 Å². The Hall–Kier alpha value is -2.93. The van der Waals surface area contributed by atoms with Gasteiger partial charge in [-0.25, -0.2) is 0 Å². The second-order valence-corrected chi connectivity index (χ2v) is 12.1. The maximum absolute atomic E-state index is 14.0. The first-order valence-corrected chi connectivity index (χ1v) is 13.9. The highest BCUT2D eigenvalue weighted by molar-refractivity contribution is 6.34. The number of esters is 2. The molecule has 1 heterocycles. The number of rotatable bonds is 5. The lowest BCUT2D eigenvalue weighted by atomic mass is 9.82. The number of benzene rings is 1. The van der Waals surface area contributed by atoms with Crippen molar-refractivity contribution >= 4 is 35.0 Å². The molecule has 2 unspecified atom stereocenters. The monoisotopic (exact) mass is 538 g/mol. The van der Waals surface area contributed by atoms with Crippen LogP contribution in [0, 0.1) is 11.8 Å². The molecule has 0 radical (unpaired) electrons. The van der Waals surface area contributed by atoms with E-state index in [1.54, 1.807) is 6.07 Å². The SMILES string of the molecule is COC(=O)C1CCc2c(C3=CCC(C(=O)OC(C)(C)C)CC3)nn(C(=O)c3c(Cl)cccc3C3CC3)c2C1. The highest BCUT2D eigenvalue weighted by atomic mass is 35.5. The molecule has 1 aromatic carbocycles. The van der Waals surface area contributed by atoms with Crippen LogP contribution in [0.1, 0.15) is 98.1 Å². The van der Waals surface area contributed by atoms with Gasteiger partial charge in [-0.2, -0.15) is 9.78 Å². The fourth-order valence-corrected chi connectivity index (χ4v) is 5.92. The molecule has 2 atom stereocenters. The van der Waals surface area contributed by atoms with Crippen LogP contribution in [0.2, 0.25) is 5.02 Å². The number of carbonyl (C=O) groups is 3. The Morgan fingerprint density at radius 1 is 1.03 bits per heavy atom. The first-order valence-electron chi connectivity index (χ1n) is 13.5. The van der Waals surface area contributed by atoms with Crippen LogP contribution in [0.25, 0.3) is 5.57 Å². The molecule has 5 rings (SSSR count). The van der Waals surface area contributed by atoms with E-state index in [1.807, 2.05) is 32.9 Å². The molecular weight excluding hydrogens is 504 g/mol. The fraction of sp³-hybridized carbons (Fsp3) is 0.533. The van der Waals surface area contributed by atoms with Gasteiger partial charge in [0.05, 0.1) is 40.9 Å². The van der Waals surface area contributed by atoms with Crippen LogP contribution in [0.5, 0.6) is 0 Å². The summed E-state index contributed by atoms with van der Waals surface area (Å²) in [6.45, 7) is 5.63. The van der Waals surface area contributed by atoms with Gasteiger partial charge in [0.15, 0.2) is 0 Å². The Labute approximate surface area is 228 Å². The first-order chi connectivity index (χ1) is 18.1. The van der Waals surface area contributed by atoms with Crippen LogP contribution in [-0.4, -0.2) is 40.3 Å². The number of methoxy groups -OCH3 is 1. The van der Waals surface area contributed by atoms with E-state index in [2.05, 4.69) is 6.08 Å². The molecule has 8 heteroatoms.